The molecule has 0 heterocycles. The van der Waals surface area contributed by atoms with Gasteiger partial charge in [-0.1, -0.05) is 25.8 Å². The van der Waals surface area contributed by atoms with E-state index in [0.29, 0.717) is 26.2 Å². The van der Waals surface area contributed by atoms with Crippen molar-refractivity contribution in [2.45, 2.75) is 32.6 Å². The number of carbonyl (C=O) groups is 1. The first kappa shape index (κ1) is 19.9. The molecule has 0 radical (unpaired) electrons. The Kier molecular flexibility index (Phi) is 16.1. The maximum absolute atomic E-state index is 11.3. The van der Waals surface area contributed by atoms with Crippen molar-refractivity contribution in [1.29, 1.82) is 0 Å². The van der Waals surface area contributed by atoms with Crippen molar-refractivity contribution in [2.24, 2.45) is 0 Å². The summed E-state index contributed by atoms with van der Waals surface area (Å²) in [4.78, 5) is 10.2. The standard InChI is InChI=1S/C12H24N2O3.Li/c1-2-3-4-5-11(15)10-14-9-8-13-7-6-12(16)17;/h5,13-15H,2-4,6-10H2,1H3,(H,16,17);/q;+1/p-1/b11-5-;. The first-order valence-electron chi connectivity index (χ1n) is 6.16. The first-order chi connectivity index (χ1) is 8.16. The smallest absolute Gasteiger partial charge is 0.875 e. The maximum Gasteiger partial charge on any atom is 1.00 e. The monoisotopic (exact) mass is 250 g/mol. The first-order valence-corrected chi connectivity index (χ1v) is 6.16. The van der Waals surface area contributed by atoms with Crippen LogP contribution in [0, 0.1) is 0 Å². The van der Waals surface area contributed by atoms with E-state index in [1.54, 1.807) is 6.08 Å². The third-order valence-corrected chi connectivity index (χ3v) is 2.22. The van der Waals surface area contributed by atoms with Crippen LogP contribution in [0.3, 0.4) is 0 Å². The summed E-state index contributed by atoms with van der Waals surface area (Å²) in [6.45, 7) is 4.28. The fourth-order valence-corrected chi connectivity index (χ4v) is 1.25. The average molecular weight is 250 g/mol. The predicted molar refractivity (Wildman–Crippen MR) is 65.6 cm³/mol. The zero-order valence-corrected chi connectivity index (χ0v) is 11.5. The van der Waals surface area contributed by atoms with Crippen LogP contribution >= 0.6 is 0 Å². The third kappa shape index (κ3) is 15.5. The van der Waals surface area contributed by atoms with E-state index < -0.39 is 5.97 Å². The zero-order valence-electron chi connectivity index (χ0n) is 11.5. The zero-order chi connectivity index (χ0) is 12.9. The molecule has 0 rings (SSSR count). The SMILES string of the molecule is CCCC/C=C(\[O-])CNCCNCCC(=O)O.[Li+]. The van der Waals surface area contributed by atoms with E-state index in [1.807, 2.05) is 0 Å². The Bertz CT molecular complexity index is 235. The number of unbranched alkanes of at least 4 members (excludes halogenated alkanes) is 2. The van der Waals surface area contributed by atoms with E-state index in [9.17, 15) is 9.90 Å². The molecular weight excluding hydrogens is 227 g/mol. The van der Waals surface area contributed by atoms with Crippen molar-refractivity contribution in [2.75, 3.05) is 26.2 Å². The Hall–Kier alpha value is -0.473. The molecule has 18 heavy (non-hydrogen) atoms. The second kappa shape index (κ2) is 14.6. The summed E-state index contributed by atoms with van der Waals surface area (Å²) in [6, 6.07) is 0. The van der Waals surface area contributed by atoms with Crippen LogP contribution in [0.5, 0.6) is 0 Å². The molecule has 0 spiro atoms. The second-order valence-electron chi connectivity index (χ2n) is 3.88. The van der Waals surface area contributed by atoms with Gasteiger partial charge in [-0.05, 0) is 6.42 Å². The summed E-state index contributed by atoms with van der Waals surface area (Å²) >= 11 is 0. The molecule has 0 unspecified atom stereocenters. The molecule has 0 aromatic carbocycles. The van der Waals surface area contributed by atoms with Gasteiger partial charge in [0.2, 0.25) is 0 Å². The molecule has 6 heteroatoms. The number of carboxylic acids is 1. The van der Waals surface area contributed by atoms with Crippen LogP contribution in [0.25, 0.3) is 0 Å². The van der Waals surface area contributed by atoms with Gasteiger partial charge >= 0.3 is 24.8 Å². The van der Waals surface area contributed by atoms with Crippen molar-refractivity contribution < 1.29 is 33.9 Å². The van der Waals surface area contributed by atoms with Crippen LogP contribution in [-0.4, -0.2) is 37.3 Å². The van der Waals surface area contributed by atoms with Gasteiger partial charge in [-0.15, -0.1) is 5.76 Å². The van der Waals surface area contributed by atoms with E-state index in [1.165, 1.54) is 0 Å². The van der Waals surface area contributed by atoms with E-state index in [-0.39, 0.29) is 31.0 Å². The molecule has 0 aliphatic rings. The number of allylic oxidation sites excluding steroid dienone is 1. The Morgan fingerprint density at radius 1 is 1.28 bits per heavy atom. The molecule has 3 N–H and O–H groups in total. The van der Waals surface area contributed by atoms with Gasteiger partial charge < -0.3 is 20.8 Å². The molecular formula is C12H23LiN2O3. The Labute approximate surface area is 121 Å². The fourth-order valence-electron chi connectivity index (χ4n) is 1.25. The number of hydrogen-bond donors (Lipinski definition) is 3. The molecule has 100 valence electrons. The molecule has 0 aromatic heterocycles. The predicted octanol–water partition coefficient (Wildman–Crippen LogP) is -2.92. The number of hydrogen-bond acceptors (Lipinski definition) is 4. The van der Waals surface area contributed by atoms with Crippen molar-refractivity contribution in [3.63, 3.8) is 0 Å². The topological polar surface area (TPSA) is 84.4 Å². The Morgan fingerprint density at radius 3 is 2.56 bits per heavy atom. The van der Waals surface area contributed by atoms with E-state index in [4.69, 9.17) is 5.11 Å². The Balaban J connectivity index is 0. The third-order valence-electron chi connectivity index (χ3n) is 2.22. The van der Waals surface area contributed by atoms with Crippen LogP contribution in [-0.2, 0) is 4.79 Å². The second-order valence-corrected chi connectivity index (χ2v) is 3.88. The largest absolute Gasteiger partial charge is 1.00 e. The van der Waals surface area contributed by atoms with Crippen LogP contribution in [0.2, 0.25) is 0 Å². The number of rotatable bonds is 11. The van der Waals surface area contributed by atoms with Crippen molar-refractivity contribution in [3.8, 4) is 0 Å². The molecule has 0 aliphatic carbocycles. The van der Waals surface area contributed by atoms with Gasteiger partial charge in [0.15, 0.2) is 0 Å². The van der Waals surface area contributed by atoms with Crippen LogP contribution in [0.4, 0.5) is 0 Å². The molecule has 0 bridgehead atoms. The van der Waals surface area contributed by atoms with Crippen molar-refractivity contribution >= 4 is 5.97 Å². The molecule has 0 aliphatic heterocycles. The molecule has 0 atom stereocenters. The van der Waals surface area contributed by atoms with Gasteiger partial charge in [0.1, 0.15) is 0 Å². The number of nitrogens with one attached hydrogen (secondary N) is 2. The van der Waals surface area contributed by atoms with E-state index in [0.717, 1.165) is 19.3 Å². The van der Waals surface area contributed by atoms with Crippen molar-refractivity contribution in [3.05, 3.63) is 11.8 Å². The minimum Gasteiger partial charge on any atom is -0.875 e. The summed E-state index contributed by atoms with van der Waals surface area (Å²) in [7, 11) is 0. The molecule has 0 fully saturated rings. The number of carboxylic acid groups (broad SMARTS) is 1. The Morgan fingerprint density at radius 2 is 1.94 bits per heavy atom. The van der Waals surface area contributed by atoms with Crippen molar-refractivity contribution in [1.82, 2.24) is 10.6 Å². The van der Waals surface area contributed by atoms with Gasteiger partial charge in [0.05, 0.1) is 6.42 Å². The minimum atomic E-state index is -0.800. The van der Waals surface area contributed by atoms with Crippen LogP contribution in [0.15, 0.2) is 11.8 Å². The summed E-state index contributed by atoms with van der Waals surface area (Å²) in [5.41, 5.74) is 0. The van der Waals surface area contributed by atoms with E-state index >= 15 is 0 Å². The molecule has 0 amide bonds. The van der Waals surface area contributed by atoms with Crippen LogP contribution < -0.4 is 34.6 Å². The summed E-state index contributed by atoms with van der Waals surface area (Å²) in [6.07, 6.45) is 4.87. The summed E-state index contributed by atoms with van der Waals surface area (Å²) in [5.74, 6) is -0.671. The molecule has 0 saturated carbocycles. The van der Waals surface area contributed by atoms with E-state index in [2.05, 4.69) is 17.6 Å². The summed E-state index contributed by atoms with van der Waals surface area (Å²) < 4.78 is 0. The van der Waals surface area contributed by atoms with Gasteiger partial charge in [0.25, 0.3) is 0 Å². The normalized spacial score (nSPS) is 11.1. The molecule has 5 nitrogen and oxygen atoms in total. The van der Waals surface area contributed by atoms with Gasteiger partial charge in [0, 0.05) is 26.2 Å². The fraction of sp³-hybridized carbons (Fsp3) is 0.750. The number of aliphatic carboxylic acids is 1. The molecule has 0 saturated heterocycles. The van der Waals surface area contributed by atoms with Crippen LogP contribution in [0.1, 0.15) is 32.6 Å². The average Bonchev–Trinajstić information content (AvgIpc) is 2.28. The van der Waals surface area contributed by atoms with Gasteiger partial charge in [-0.25, -0.2) is 0 Å². The maximum atomic E-state index is 11.3. The molecule has 0 aromatic rings. The van der Waals surface area contributed by atoms with Gasteiger partial charge in [-0.2, -0.15) is 0 Å². The minimum absolute atomic E-state index is 0. The van der Waals surface area contributed by atoms with Gasteiger partial charge in [-0.3, -0.25) is 4.79 Å². The summed E-state index contributed by atoms with van der Waals surface area (Å²) in [5, 5.41) is 25.7. The quantitative estimate of drug-likeness (QED) is 0.208.